The number of para-hydroxylation sites is 2. The van der Waals surface area contributed by atoms with Crippen molar-refractivity contribution in [2.75, 3.05) is 18.7 Å². The average Bonchev–Trinajstić information content (AvgIpc) is 3.11. The highest BCUT2D eigenvalue weighted by Crippen LogP contribution is 2.46. The molecule has 134 valence electrons. The maximum atomic E-state index is 5.43. The molecule has 0 atom stereocenters. The standard InChI is InChI=1S/C20H17N5OS/c1-26-13-25-17-10-14(11-24-12-23-15-4-2-3-5-16(15)24)6-7-18(17)27-20-19(25)21-8-9-22-20/h2-10,12H,11,13H2,1H3. The van der Waals surface area contributed by atoms with E-state index in [1.807, 2.05) is 24.5 Å². The lowest BCUT2D eigenvalue weighted by Gasteiger charge is -2.30. The second-order valence-electron chi connectivity index (χ2n) is 6.30. The molecule has 7 heteroatoms. The number of aromatic nitrogens is 4. The normalized spacial score (nSPS) is 12.9. The molecule has 0 fully saturated rings. The van der Waals surface area contributed by atoms with Gasteiger partial charge in [-0.1, -0.05) is 30.0 Å². The summed E-state index contributed by atoms with van der Waals surface area (Å²) in [6, 6.07) is 14.7. The van der Waals surface area contributed by atoms with E-state index in [1.165, 1.54) is 5.56 Å². The topological polar surface area (TPSA) is 56.1 Å². The predicted molar refractivity (Wildman–Crippen MR) is 105 cm³/mol. The van der Waals surface area contributed by atoms with Crippen LogP contribution in [0.1, 0.15) is 5.56 Å². The fraction of sp³-hybridized carbons (Fsp3) is 0.150. The largest absolute Gasteiger partial charge is 0.364 e. The van der Waals surface area contributed by atoms with Crippen LogP contribution in [0.5, 0.6) is 0 Å². The van der Waals surface area contributed by atoms with Crippen LogP contribution in [0.2, 0.25) is 0 Å². The molecule has 0 spiro atoms. The number of hydrogen-bond acceptors (Lipinski definition) is 6. The van der Waals surface area contributed by atoms with Crippen molar-refractivity contribution in [3.63, 3.8) is 0 Å². The zero-order valence-electron chi connectivity index (χ0n) is 14.7. The quantitative estimate of drug-likeness (QED) is 0.536. The van der Waals surface area contributed by atoms with Crippen LogP contribution in [0.4, 0.5) is 11.5 Å². The van der Waals surface area contributed by atoms with Crippen molar-refractivity contribution in [3.05, 3.63) is 66.7 Å². The molecule has 0 bridgehead atoms. The fourth-order valence-corrected chi connectivity index (χ4v) is 4.33. The van der Waals surface area contributed by atoms with Crippen molar-refractivity contribution < 1.29 is 4.74 Å². The van der Waals surface area contributed by atoms with E-state index < -0.39 is 0 Å². The summed E-state index contributed by atoms with van der Waals surface area (Å²) < 4.78 is 7.60. The molecule has 4 aromatic rings. The molecule has 5 rings (SSSR count). The number of rotatable bonds is 4. The molecule has 0 radical (unpaired) electrons. The van der Waals surface area contributed by atoms with Crippen molar-refractivity contribution in [1.82, 2.24) is 19.5 Å². The van der Waals surface area contributed by atoms with Crippen molar-refractivity contribution in [3.8, 4) is 0 Å². The van der Waals surface area contributed by atoms with Gasteiger partial charge in [-0.3, -0.25) is 4.90 Å². The van der Waals surface area contributed by atoms with Gasteiger partial charge in [0.05, 0.1) is 23.0 Å². The lowest BCUT2D eigenvalue weighted by atomic mass is 10.1. The molecule has 6 nitrogen and oxygen atoms in total. The van der Waals surface area contributed by atoms with E-state index in [1.54, 1.807) is 31.3 Å². The summed E-state index contributed by atoms with van der Waals surface area (Å²) >= 11 is 1.64. The Morgan fingerprint density at radius 1 is 1.04 bits per heavy atom. The minimum atomic E-state index is 0.427. The molecular weight excluding hydrogens is 358 g/mol. The third-order valence-corrected chi connectivity index (χ3v) is 5.61. The Bertz CT molecular complexity index is 1130. The van der Waals surface area contributed by atoms with Gasteiger partial charge in [-0.2, -0.15) is 0 Å². The number of imidazole rings is 1. The lowest BCUT2D eigenvalue weighted by molar-refractivity contribution is 0.204. The van der Waals surface area contributed by atoms with Crippen LogP contribution in [-0.4, -0.2) is 33.4 Å². The summed E-state index contributed by atoms with van der Waals surface area (Å²) in [5, 5.41) is 0.899. The molecule has 27 heavy (non-hydrogen) atoms. The van der Waals surface area contributed by atoms with Crippen LogP contribution < -0.4 is 4.90 Å². The minimum absolute atomic E-state index is 0.427. The van der Waals surface area contributed by atoms with Crippen molar-refractivity contribution >= 4 is 34.3 Å². The van der Waals surface area contributed by atoms with Crippen LogP contribution in [0.15, 0.2) is 71.1 Å². The van der Waals surface area contributed by atoms with Gasteiger partial charge >= 0.3 is 0 Å². The number of anilines is 2. The molecule has 2 aromatic carbocycles. The molecule has 0 saturated heterocycles. The van der Waals surface area contributed by atoms with Gasteiger partial charge in [0.1, 0.15) is 11.8 Å². The summed E-state index contributed by atoms with van der Waals surface area (Å²) in [6.07, 6.45) is 5.33. The van der Waals surface area contributed by atoms with Gasteiger partial charge in [-0.25, -0.2) is 15.0 Å². The van der Waals surface area contributed by atoms with Gasteiger partial charge in [0.2, 0.25) is 0 Å². The fourth-order valence-electron chi connectivity index (χ4n) is 3.34. The first-order chi connectivity index (χ1) is 13.3. The van der Waals surface area contributed by atoms with Gasteiger partial charge in [0.25, 0.3) is 0 Å². The van der Waals surface area contributed by atoms with Crippen LogP contribution in [0.3, 0.4) is 0 Å². The summed E-state index contributed by atoms with van der Waals surface area (Å²) in [4.78, 5) is 16.7. The second-order valence-corrected chi connectivity index (χ2v) is 7.33. The first-order valence-corrected chi connectivity index (χ1v) is 9.43. The Balaban J connectivity index is 1.54. The van der Waals surface area contributed by atoms with Crippen molar-refractivity contribution in [2.24, 2.45) is 0 Å². The maximum absolute atomic E-state index is 5.43. The van der Waals surface area contributed by atoms with Crippen molar-refractivity contribution in [2.45, 2.75) is 16.5 Å². The summed E-state index contributed by atoms with van der Waals surface area (Å²) in [6.45, 7) is 1.18. The highest BCUT2D eigenvalue weighted by atomic mass is 32.2. The van der Waals surface area contributed by atoms with Crippen LogP contribution in [-0.2, 0) is 11.3 Å². The highest BCUT2D eigenvalue weighted by Gasteiger charge is 2.25. The monoisotopic (exact) mass is 375 g/mol. The predicted octanol–water partition coefficient (Wildman–Crippen LogP) is 4.08. The molecule has 0 saturated carbocycles. The molecule has 2 aromatic heterocycles. The number of benzene rings is 2. The van der Waals surface area contributed by atoms with E-state index in [0.717, 1.165) is 39.0 Å². The molecule has 0 aliphatic carbocycles. The van der Waals surface area contributed by atoms with Crippen LogP contribution in [0.25, 0.3) is 11.0 Å². The van der Waals surface area contributed by atoms with E-state index in [9.17, 15) is 0 Å². The Hall–Kier alpha value is -2.90. The number of fused-ring (bicyclic) bond motifs is 3. The van der Waals surface area contributed by atoms with Gasteiger partial charge in [-0.15, -0.1) is 0 Å². The molecule has 0 N–H and O–H groups in total. The molecule has 0 amide bonds. The van der Waals surface area contributed by atoms with E-state index >= 15 is 0 Å². The maximum Gasteiger partial charge on any atom is 0.168 e. The van der Waals surface area contributed by atoms with E-state index in [2.05, 4.69) is 48.7 Å². The number of ether oxygens (including phenoxy) is 1. The molecule has 1 aliphatic rings. The smallest absolute Gasteiger partial charge is 0.168 e. The van der Waals surface area contributed by atoms with Crippen molar-refractivity contribution in [1.29, 1.82) is 0 Å². The average molecular weight is 375 g/mol. The third kappa shape index (κ3) is 2.85. The number of hydrogen-bond donors (Lipinski definition) is 0. The summed E-state index contributed by atoms with van der Waals surface area (Å²) in [7, 11) is 1.69. The van der Waals surface area contributed by atoms with Crippen LogP contribution in [0, 0.1) is 0 Å². The van der Waals surface area contributed by atoms with E-state index in [-0.39, 0.29) is 0 Å². The van der Waals surface area contributed by atoms with E-state index in [4.69, 9.17) is 4.74 Å². The summed E-state index contributed by atoms with van der Waals surface area (Å²) in [5.74, 6) is 0.835. The second kappa shape index (κ2) is 6.68. The SMILES string of the molecule is COCN1c2cc(Cn3cnc4ccccc43)ccc2Sc2nccnc21. The highest BCUT2D eigenvalue weighted by molar-refractivity contribution is 7.99. The van der Waals surface area contributed by atoms with Gasteiger partial charge in [-0.05, 0) is 29.8 Å². The zero-order valence-corrected chi connectivity index (χ0v) is 15.6. The minimum Gasteiger partial charge on any atom is -0.364 e. The van der Waals surface area contributed by atoms with Gasteiger partial charge < -0.3 is 9.30 Å². The number of nitrogens with zero attached hydrogens (tertiary/aromatic N) is 5. The first-order valence-electron chi connectivity index (χ1n) is 8.61. The Labute approximate surface area is 160 Å². The Kier molecular flexibility index (Phi) is 4.03. The number of methoxy groups -OCH3 is 1. The summed E-state index contributed by atoms with van der Waals surface area (Å²) in [5.41, 5.74) is 4.44. The van der Waals surface area contributed by atoms with Crippen LogP contribution >= 0.6 is 11.8 Å². The molecule has 3 heterocycles. The molecular formula is C20H17N5OS. The first kappa shape index (κ1) is 16.3. The third-order valence-electron chi connectivity index (χ3n) is 4.56. The van der Waals surface area contributed by atoms with E-state index in [0.29, 0.717) is 6.73 Å². The Morgan fingerprint density at radius 2 is 1.93 bits per heavy atom. The van der Waals surface area contributed by atoms with Gasteiger partial charge in [0.15, 0.2) is 5.82 Å². The lowest BCUT2D eigenvalue weighted by Crippen LogP contribution is -2.24. The van der Waals surface area contributed by atoms with Gasteiger partial charge in [0, 0.05) is 30.9 Å². The molecule has 0 unspecified atom stereocenters. The Morgan fingerprint density at radius 3 is 2.85 bits per heavy atom. The zero-order chi connectivity index (χ0) is 18.2. The molecule has 1 aliphatic heterocycles.